The zero-order chi connectivity index (χ0) is 13.0. The first kappa shape index (κ1) is 12.7. The van der Waals surface area contributed by atoms with E-state index in [4.69, 9.17) is 0 Å². The van der Waals surface area contributed by atoms with Crippen molar-refractivity contribution in [1.29, 1.82) is 0 Å². The minimum Gasteiger partial charge on any atom is -0.313 e. The Hall–Kier alpha value is -1.75. The molecule has 0 saturated carbocycles. The maximum atomic E-state index is 4.34. The topological polar surface area (TPSA) is 55.6 Å². The lowest BCUT2D eigenvalue weighted by Crippen LogP contribution is -2.14. The summed E-state index contributed by atoms with van der Waals surface area (Å²) in [6, 6.07) is 4.06. The van der Waals surface area contributed by atoms with Gasteiger partial charge in [-0.1, -0.05) is 6.92 Å². The van der Waals surface area contributed by atoms with Crippen LogP contribution >= 0.6 is 0 Å². The fourth-order valence-electron chi connectivity index (χ4n) is 1.83. The number of hydrogen-bond donors (Lipinski definition) is 1. The molecule has 0 aromatic carbocycles. The van der Waals surface area contributed by atoms with Gasteiger partial charge in [0.05, 0.1) is 0 Å². The highest BCUT2D eigenvalue weighted by atomic mass is 15.4. The predicted octanol–water partition coefficient (Wildman–Crippen LogP) is 1.78. The van der Waals surface area contributed by atoms with Crippen LogP contribution in [0.4, 0.5) is 0 Å². The van der Waals surface area contributed by atoms with E-state index in [2.05, 4.69) is 27.3 Å². The van der Waals surface area contributed by atoms with Gasteiger partial charge in [0.2, 0.25) is 0 Å². The minimum absolute atomic E-state index is 0.767. The van der Waals surface area contributed by atoms with Crippen LogP contribution in [-0.4, -0.2) is 26.3 Å². The maximum Gasteiger partial charge on any atom is 0.155 e. The Bertz CT molecular complexity index is 518. The van der Waals surface area contributed by atoms with E-state index in [0.717, 1.165) is 37.0 Å². The third kappa shape index (κ3) is 2.92. The molecule has 0 amide bonds. The van der Waals surface area contributed by atoms with Crippen LogP contribution in [0.1, 0.15) is 30.6 Å². The number of nitrogens with zero attached hydrogens (tertiary/aromatic N) is 4. The van der Waals surface area contributed by atoms with Gasteiger partial charge in [-0.05, 0) is 44.5 Å². The van der Waals surface area contributed by atoms with Crippen LogP contribution in [0.3, 0.4) is 0 Å². The average Bonchev–Trinajstić information content (AvgIpc) is 2.69. The first-order chi connectivity index (χ1) is 8.70. The highest BCUT2D eigenvalue weighted by Crippen LogP contribution is 2.08. The number of aryl methyl sites for hydroxylation is 2. The number of aromatic nitrogens is 4. The second-order valence-electron chi connectivity index (χ2n) is 4.32. The highest BCUT2D eigenvalue weighted by molar-refractivity contribution is 5.27. The Morgan fingerprint density at radius 1 is 1.33 bits per heavy atom. The molecule has 2 rings (SSSR count). The lowest BCUT2D eigenvalue weighted by atomic mass is 10.2. The van der Waals surface area contributed by atoms with Crippen molar-refractivity contribution in [1.82, 2.24) is 25.1 Å². The quantitative estimate of drug-likeness (QED) is 0.816. The van der Waals surface area contributed by atoms with Crippen LogP contribution in [0.2, 0.25) is 0 Å². The van der Waals surface area contributed by atoms with E-state index in [1.165, 1.54) is 5.56 Å². The van der Waals surface area contributed by atoms with Crippen LogP contribution in [0, 0.1) is 13.8 Å². The molecule has 0 aliphatic heterocycles. The Balaban J connectivity index is 2.19. The number of pyridine rings is 1. The lowest BCUT2D eigenvalue weighted by Gasteiger charge is -2.06. The van der Waals surface area contributed by atoms with Crippen molar-refractivity contribution in [3.05, 3.63) is 35.5 Å². The fraction of sp³-hybridized carbons (Fsp3) is 0.462. The van der Waals surface area contributed by atoms with Gasteiger partial charge in [-0.3, -0.25) is 0 Å². The summed E-state index contributed by atoms with van der Waals surface area (Å²) in [5, 5.41) is 7.72. The molecule has 0 bridgehead atoms. The van der Waals surface area contributed by atoms with Crippen molar-refractivity contribution >= 4 is 0 Å². The molecule has 96 valence electrons. The van der Waals surface area contributed by atoms with Gasteiger partial charge >= 0.3 is 0 Å². The Labute approximate surface area is 107 Å². The van der Waals surface area contributed by atoms with Crippen LogP contribution < -0.4 is 5.32 Å². The maximum absolute atomic E-state index is 4.34. The lowest BCUT2D eigenvalue weighted by molar-refractivity contribution is 0.673. The van der Waals surface area contributed by atoms with Crippen molar-refractivity contribution < 1.29 is 0 Å². The number of rotatable bonds is 5. The van der Waals surface area contributed by atoms with Gasteiger partial charge in [0.1, 0.15) is 11.6 Å². The molecule has 0 unspecified atom stereocenters. The molecular formula is C13H19N5. The summed E-state index contributed by atoms with van der Waals surface area (Å²) in [4.78, 5) is 8.63. The zero-order valence-corrected chi connectivity index (χ0v) is 11.1. The zero-order valence-electron chi connectivity index (χ0n) is 11.1. The molecule has 0 fully saturated rings. The summed E-state index contributed by atoms with van der Waals surface area (Å²) in [5.41, 5.74) is 1.21. The first-order valence-electron chi connectivity index (χ1n) is 6.27. The van der Waals surface area contributed by atoms with Crippen LogP contribution in [0.15, 0.2) is 18.3 Å². The molecule has 0 aliphatic carbocycles. The van der Waals surface area contributed by atoms with Crippen LogP contribution in [0.25, 0.3) is 5.82 Å². The smallest absolute Gasteiger partial charge is 0.155 e. The van der Waals surface area contributed by atoms with E-state index in [9.17, 15) is 0 Å². The Kier molecular flexibility index (Phi) is 4.04. The van der Waals surface area contributed by atoms with E-state index in [1.807, 2.05) is 32.2 Å². The van der Waals surface area contributed by atoms with Gasteiger partial charge in [-0.2, -0.15) is 4.68 Å². The Morgan fingerprint density at radius 2 is 2.17 bits per heavy atom. The second-order valence-corrected chi connectivity index (χ2v) is 4.32. The molecule has 1 N–H and O–H groups in total. The first-order valence-corrected chi connectivity index (χ1v) is 6.27. The Morgan fingerprint density at radius 3 is 2.83 bits per heavy atom. The summed E-state index contributed by atoms with van der Waals surface area (Å²) in [6.45, 7) is 7.86. The van der Waals surface area contributed by atoms with E-state index in [1.54, 1.807) is 4.68 Å². The minimum atomic E-state index is 0.767. The molecule has 0 radical (unpaired) electrons. The van der Waals surface area contributed by atoms with Crippen LogP contribution in [0.5, 0.6) is 0 Å². The molecule has 5 heteroatoms. The van der Waals surface area contributed by atoms with Gasteiger partial charge in [0.25, 0.3) is 0 Å². The summed E-state index contributed by atoms with van der Waals surface area (Å²) in [5.74, 6) is 2.45. The van der Waals surface area contributed by atoms with Gasteiger partial charge in [0.15, 0.2) is 5.82 Å². The summed E-state index contributed by atoms with van der Waals surface area (Å²) in [7, 11) is 0. The molecule has 2 aromatic rings. The van der Waals surface area contributed by atoms with Gasteiger partial charge in [-0.25, -0.2) is 9.97 Å². The third-order valence-corrected chi connectivity index (χ3v) is 2.66. The van der Waals surface area contributed by atoms with Crippen molar-refractivity contribution in [2.24, 2.45) is 0 Å². The summed E-state index contributed by atoms with van der Waals surface area (Å²) >= 11 is 0. The van der Waals surface area contributed by atoms with Crippen molar-refractivity contribution in [3.63, 3.8) is 0 Å². The molecule has 18 heavy (non-hydrogen) atoms. The molecule has 2 aromatic heterocycles. The van der Waals surface area contributed by atoms with Crippen molar-refractivity contribution in [3.8, 4) is 5.82 Å². The number of hydrogen-bond acceptors (Lipinski definition) is 4. The molecule has 0 spiro atoms. The highest BCUT2D eigenvalue weighted by Gasteiger charge is 2.06. The standard InChI is InChI=1S/C13H19N5/c1-4-6-14-9-12-5-7-15-13(8-12)18-11(3)16-10(2)17-18/h5,7-8,14H,4,6,9H2,1-3H3. The fourth-order valence-corrected chi connectivity index (χ4v) is 1.83. The van der Waals surface area contributed by atoms with E-state index in [-0.39, 0.29) is 0 Å². The van der Waals surface area contributed by atoms with Crippen molar-refractivity contribution in [2.45, 2.75) is 33.7 Å². The molecule has 0 saturated heterocycles. The van der Waals surface area contributed by atoms with Crippen molar-refractivity contribution in [2.75, 3.05) is 6.54 Å². The SMILES string of the molecule is CCCNCc1ccnc(-n2nc(C)nc2C)c1. The molecule has 5 nitrogen and oxygen atoms in total. The molecular weight excluding hydrogens is 226 g/mol. The van der Waals surface area contributed by atoms with Gasteiger partial charge in [-0.15, -0.1) is 5.10 Å². The van der Waals surface area contributed by atoms with E-state index in [0.29, 0.717) is 0 Å². The summed E-state index contributed by atoms with van der Waals surface area (Å²) < 4.78 is 1.78. The largest absolute Gasteiger partial charge is 0.313 e. The molecule has 2 heterocycles. The van der Waals surface area contributed by atoms with E-state index >= 15 is 0 Å². The van der Waals surface area contributed by atoms with E-state index < -0.39 is 0 Å². The monoisotopic (exact) mass is 245 g/mol. The number of nitrogens with one attached hydrogen (secondary N) is 1. The average molecular weight is 245 g/mol. The molecule has 0 aliphatic rings. The third-order valence-electron chi connectivity index (χ3n) is 2.66. The van der Waals surface area contributed by atoms with Gasteiger partial charge < -0.3 is 5.32 Å². The van der Waals surface area contributed by atoms with Gasteiger partial charge in [0, 0.05) is 12.7 Å². The molecule has 0 atom stereocenters. The summed E-state index contributed by atoms with van der Waals surface area (Å²) in [6.07, 6.45) is 2.95. The van der Waals surface area contributed by atoms with Crippen LogP contribution in [-0.2, 0) is 6.54 Å². The second kappa shape index (κ2) is 5.73. The normalized spacial score (nSPS) is 10.8. The predicted molar refractivity (Wildman–Crippen MR) is 70.6 cm³/mol.